The van der Waals surface area contributed by atoms with Crippen molar-refractivity contribution in [3.05, 3.63) is 58.8 Å². The van der Waals surface area contributed by atoms with E-state index in [1.165, 1.54) is 5.57 Å². The van der Waals surface area contributed by atoms with Crippen LogP contribution in [0.4, 0.5) is 5.82 Å². The zero-order valence-corrected chi connectivity index (χ0v) is 18.9. The largest absolute Gasteiger partial charge is 0.307 e. The molecule has 5 rings (SSSR count). The number of fused-ring (bicyclic) bond motifs is 1. The van der Waals surface area contributed by atoms with E-state index in [4.69, 9.17) is 0 Å². The van der Waals surface area contributed by atoms with Gasteiger partial charge in [0.1, 0.15) is 15.8 Å². The average Bonchev–Trinajstić information content (AvgIpc) is 3.25. The van der Waals surface area contributed by atoms with E-state index in [9.17, 15) is 4.79 Å². The Bertz CT molecular complexity index is 1270. The second-order valence-corrected chi connectivity index (χ2v) is 9.39. The molecule has 1 amide bonds. The highest BCUT2D eigenvalue weighted by Gasteiger charge is 2.23. The summed E-state index contributed by atoms with van der Waals surface area (Å²) in [7, 11) is 2.12. The van der Waals surface area contributed by atoms with Gasteiger partial charge in [-0.2, -0.15) is 0 Å². The minimum absolute atomic E-state index is 0.0527. The molecule has 1 N–H and O–H groups in total. The highest BCUT2D eigenvalue weighted by atomic mass is 32.1. The fourth-order valence-electron chi connectivity index (χ4n) is 4.00. The molecule has 0 fully saturated rings. The van der Waals surface area contributed by atoms with Crippen molar-refractivity contribution in [2.75, 3.05) is 25.5 Å². The Morgan fingerprint density at radius 3 is 2.91 bits per heavy atom. The van der Waals surface area contributed by atoms with Gasteiger partial charge in [0, 0.05) is 48.4 Å². The molecule has 2 aliphatic heterocycles. The Balaban J connectivity index is 1.32. The lowest BCUT2D eigenvalue weighted by atomic mass is 9.93. The van der Waals surface area contributed by atoms with Crippen molar-refractivity contribution >= 4 is 40.0 Å². The van der Waals surface area contributed by atoms with E-state index in [0.717, 1.165) is 51.4 Å². The molecular formula is C24H24N6OS. The Morgan fingerprint density at radius 2 is 2.12 bits per heavy atom. The number of allylic oxidation sites excluding steroid dienone is 1. The van der Waals surface area contributed by atoms with Crippen LogP contribution < -0.4 is 5.32 Å². The van der Waals surface area contributed by atoms with Crippen molar-refractivity contribution in [2.24, 2.45) is 4.99 Å². The predicted octanol–water partition coefficient (Wildman–Crippen LogP) is 4.03. The molecule has 0 aliphatic carbocycles. The number of carbonyl (C=O) groups excluding carboxylic acids is 1. The summed E-state index contributed by atoms with van der Waals surface area (Å²) >= 11 is 1.56. The van der Waals surface area contributed by atoms with E-state index in [0.29, 0.717) is 12.2 Å². The van der Waals surface area contributed by atoms with Crippen LogP contribution in [0.3, 0.4) is 0 Å². The summed E-state index contributed by atoms with van der Waals surface area (Å²) < 4.78 is 0. The molecule has 0 saturated heterocycles. The van der Waals surface area contributed by atoms with Gasteiger partial charge in [-0.25, -0.2) is 4.98 Å². The predicted molar refractivity (Wildman–Crippen MR) is 129 cm³/mol. The minimum Gasteiger partial charge on any atom is -0.307 e. The number of aryl methyl sites for hydroxylation is 1. The molecule has 3 aromatic rings. The first-order valence-electron chi connectivity index (χ1n) is 10.7. The molecule has 1 unspecified atom stereocenters. The molecule has 1 atom stereocenters. The molecule has 0 radical (unpaired) electrons. The number of amides is 1. The molecule has 0 bridgehead atoms. The number of aromatic nitrogens is 3. The third kappa shape index (κ3) is 4.37. The quantitative estimate of drug-likeness (QED) is 0.614. The summed E-state index contributed by atoms with van der Waals surface area (Å²) in [5.74, 6) is 0.406. The number of pyridine rings is 1. The van der Waals surface area contributed by atoms with Gasteiger partial charge in [0.25, 0.3) is 5.91 Å². The third-order valence-corrected chi connectivity index (χ3v) is 6.75. The lowest BCUT2D eigenvalue weighted by Crippen LogP contribution is -2.29. The van der Waals surface area contributed by atoms with Crippen molar-refractivity contribution in [2.45, 2.75) is 25.8 Å². The van der Waals surface area contributed by atoms with Crippen molar-refractivity contribution in [1.82, 2.24) is 20.1 Å². The van der Waals surface area contributed by atoms with Crippen LogP contribution in [0.5, 0.6) is 0 Å². The normalized spacial score (nSPS) is 19.0. The van der Waals surface area contributed by atoms with E-state index < -0.39 is 0 Å². The number of anilines is 1. The zero-order chi connectivity index (χ0) is 22.1. The number of rotatable bonds is 4. The second-order valence-electron chi connectivity index (χ2n) is 8.21. The number of hydrogen-bond donors (Lipinski definition) is 1. The van der Waals surface area contributed by atoms with Gasteiger partial charge < -0.3 is 10.2 Å². The number of aliphatic imine (C=N–C) groups is 1. The molecule has 1 aromatic carbocycles. The number of hydrogen-bond acceptors (Lipinski definition) is 7. The van der Waals surface area contributed by atoms with Gasteiger partial charge in [0.2, 0.25) is 0 Å². The number of benzene rings is 1. The summed E-state index contributed by atoms with van der Waals surface area (Å²) in [5.41, 5.74) is 3.05. The molecule has 4 heterocycles. The molecule has 0 spiro atoms. The van der Waals surface area contributed by atoms with Gasteiger partial charge in [-0.05, 0) is 49.6 Å². The molecule has 0 saturated carbocycles. The molecule has 32 heavy (non-hydrogen) atoms. The highest BCUT2D eigenvalue weighted by Crippen LogP contribution is 2.28. The zero-order valence-electron chi connectivity index (χ0n) is 18.1. The number of dihydropyridines is 1. The van der Waals surface area contributed by atoms with E-state index in [1.54, 1.807) is 29.8 Å². The monoisotopic (exact) mass is 444 g/mol. The highest BCUT2D eigenvalue weighted by molar-refractivity contribution is 7.14. The van der Waals surface area contributed by atoms with Crippen LogP contribution >= 0.6 is 11.3 Å². The minimum atomic E-state index is -0.127. The van der Waals surface area contributed by atoms with Crippen LogP contribution in [-0.2, 0) is 4.79 Å². The van der Waals surface area contributed by atoms with Crippen molar-refractivity contribution in [3.8, 4) is 10.6 Å². The Labute approximate surface area is 190 Å². The first-order chi connectivity index (χ1) is 15.5. The first-order valence-corrected chi connectivity index (χ1v) is 11.5. The van der Waals surface area contributed by atoms with E-state index in [2.05, 4.69) is 49.6 Å². The first kappa shape index (κ1) is 20.7. The van der Waals surface area contributed by atoms with Gasteiger partial charge in [0.05, 0.1) is 6.04 Å². The van der Waals surface area contributed by atoms with E-state index in [-0.39, 0.29) is 11.9 Å². The fourth-order valence-corrected chi connectivity index (χ4v) is 4.69. The molecule has 2 aliphatic rings. The van der Waals surface area contributed by atoms with E-state index >= 15 is 0 Å². The maximum absolute atomic E-state index is 12.9. The molecule has 7 nitrogen and oxygen atoms in total. The van der Waals surface area contributed by atoms with Gasteiger partial charge in [-0.15, -0.1) is 10.2 Å². The summed E-state index contributed by atoms with van der Waals surface area (Å²) in [4.78, 5) is 24.3. The molecule has 162 valence electrons. The number of likely N-dealkylation sites (N-methyl/N-ethyl adjacent to an activating group) is 1. The van der Waals surface area contributed by atoms with Gasteiger partial charge in [-0.3, -0.25) is 9.79 Å². The van der Waals surface area contributed by atoms with Crippen LogP contribution in [-0.4, -0.2) is 58.4 Å². The van der Waals surface area contributed by atoms with Crippen molar-refractivity contribution in [1.29, 1.82) is 0 Å². The summed E-state index contributed by atoms with van der Waals surface area (Å²) in [6.45, 7) is 3.91. The molecular weight excluding hydrogens is 420 g/mol. The van der Waals surface area contributed by atoms with E-state index in [1.807, 2.05) is 25.1 Å². The smallest absolute Gasteiger partial charge is 0.252 e. The fraction of sp³-hybridized carbons (Fsp3) is 0.292. The average molecular weight is 445 g/mol. The topological polar surface area (TPSA) is 83.4 Å². The van der Waals surface area contributed by atoms with Crippen molar-refractivity contribution < 1.29 is 4.79 Å². The Kier molecular flexibility index (Phi) is 5.63. The van der Waals surface area contributed by atoms with Crippen molar-refractivity contribution in [3.63, 3.8) is 0 Å². The van der Waals surface area contributed by atoms with Crippen LogP contribution in [0, 0.1) is 6.92 Å². The number of nitrogens with one attached hydrogen (secondary N) is 1. The van der Waals surface area contributed by atoms with Gasteiger partial charge in [-0.1, -0.05) is 29.5 Å². The lowest BCUT2D eigenvalue weighted by molar-refractivity contribution is -0.113. The maximum atomic E-state index is 12.9. The molecule has 2 aromatic heterocycles. The lowest BCUT2D eigenvalue weighted by Gasteiger charge is -2.27. The molecule has 8 heteroatoms. The van der Waals surface area contributed by atoms with Gasteiger partial charge >= 0.3 is 0 Å². The van der Waals surface area contributed by atoms with Crippen LogP contribution in [0.15, 0.2) is 58.8 Å². The summed E-state index contributed by atoms with van der Waals surface area (Å²) in [5, 5.41) is 15.1. The maximum Gasteiger partial charge on any atom is 0.252 e. The standard InChI is InChI=1S/C24H24N6OS/c1-15-28-29-24(32-15)18-3-4-19-14-26-22(13-20(19)11-18)27-23(31)17-5-8-25-21(12-17)16-6-9-30(2)10-7-16/h3-6,8,11,13-14,21H,7,9-10,12H2,1-2H3,(H,26,27,31). The second kappa shape index (κ2) is 8.72. The Morgan fingerprint density at radius 1 is 1.22 bits per heavy atom. The van der Waals surface area contributed by atoms with Crippen LogP contribution in [0.25, 0.3) is 21.3 Å². The van der Waals surface area contributed by atoms with Crippen LogP contribution in [0.1, 0.15) is 17.8 Å². The SMILES string of the molecule is Cc1nnc(-c2ccc3cnc(NC(=O)C4=CC=NC(C5=CCN(C)CC5)C4)cc3c2)s1. The summed E-state index contributed by atoms with van der Waals surface area (Å²) in [6.07, 6.45) is 9.20. The Hall–Kier alpha value is -3.23. The third-order valence-electron chi connectivity index (χ3n) is 5.86. The van der Waals surface area contributed by atoms with Crippen LogP contribution in [0.2, 0.25) is 0 Å². The summed E-state index contributed by atoms with van der Waals surface area (Å²) in [6, 6.07) is 8.05. The number of carbonyl (C=O) groups is 1. The van der Waals surface area contributed by atoms with Gasteiger partial charge in [0.15, 0.2) is 0 Å². The number of nitrogens with zero attached hydrogens (tertiary/aromatic N) is 5.